The van der Waals surface area contributed by atoms with Gasteiger partial charge in [0.25, 0.3) is 0 Å². The first-order valence-electron chi connectivity index (χ1n) is 10.3. The highest BCUT2D eigenvalue weighted by Crippen LogP contribution is 2.33. The zero-order valence-corrected chi connectivity index (χ0v) is 17.0. The maximum atomic E-state index is 14.1. The summed E-state index contributed by atoms with van der Waals surface area (Å²) in [5.74, 6) is -1.13. The topological polar surface area (TPSA) is 45.1 Å². The third kappa shape index (κ3) is 4.15. The second kappa shape index (κ2) is 8.81. The number of hydrogen-bond donors (Lipinski definition) is 0. The lowest BCUT2D eigenvalue weighted by Gasteiger charge is -2.35. The Balaban J connectivity index is 1.41. The van der Waals surface area contributed by atoms with E-state index in [2.05, 4.69) is 9.89 Å². The number of piperazine rings is 1. The van der Waals surface area contributed by atoms with E-state index < -0.39 is 11.6 Å². The second-order valence-corrected chi connectivity index (χ2v) is 7.49. The number of amides is 1. The summed E-state index contributed by atoms with van der Waals surface area (Å²) in [4.78, 5) is 20.4. The number of nitrogens with zero attached hydrogens (tertiary/aromatic N) is 3. The standard InChI is InChI=1S/C23H25F2N3O2/c1-2-30-23(29)28-14-12-27(13-15-28)17-8-6-16(7-9-17)20-10-11-21(26-20)22-18(24)4-3-5-19(22)25/h3-9,20H,2,10-15H2,1H3. The van der Waals surface area contributed by atoms with E-state index in [9.17, 15) is 13.6 Å². The number of hydrogen-bond acceptors (Lipinski definition) is 4. The van der Waals surface area contributed by atoms with E-state index in [-0.39, 0.29) is 17.7 Å². The monoisotopic (exact) mass is 413 g/mol. The van der Waals surface area contributed by atoms with E-state index in [4.69, 9.17) is 4.74 Å². The Labute approximate surface area is 175 Å². The Hall–Kier alpha value is -2.96. The van der Waals surface area contributed by atoms with Crippen LogP contribution in [0.25, 0.3) is 0 Å². The minimum Gasteiger partial charge on any atom is -0.450 e. The van der Waals surface area contributed by atoms with Gasteiger partial charge >= 0.3 is 6.09 Å². The fraction of sp³-hybridized carbons (Fsp3) is 0.391. The average Bonchev–Trinajstić information content (AvgIpc) is 3.24. The van der Waals surface area contributed by atoms with Gasteiger partial charge in [-0.25, -0.2) is 13.6 Å². The summed E-state index contributed by atoms with van der Waals surface area (Å²) in [5.41, 5.74) is 2.62. The molecule has 7 heteroatoms. The van der Waals surface area contributed by atoms with Crippen LogP contribution in [-0.4, -0.2) is 49.5 Å². The Morgan fingerprint density at radius 2 is 1.73 bits per heavy atom. The van der Waals surface area contributed by atoms with E-state index in [1.54, 1.807) is 11.8 Å². The summed E-state index contributed by atoms with van der Waals surface area (Å²) < 4.78 is 33.2. The summed E-state index contributed by atoms with van der Waals surface area (Å²) in [5, 5.41) is 0. The van der Waals surface area contributed by atoms with Crippen molar-refractivity contribution in [3.05, 3.63) is 65.2 Å². The molecule has 1 fully saturated rings. The van der Waals surface area contributed by atoms with Crippen molar-refractivity contribution >= 4 is 17.5 Å². The first kappa shape index (κ1) is 20.3. The third-order valence-electron chi connectivity index (χ3n) is 5.67. The van der Waals surface area contributed by atoms with Gasteiger partial charge in [0.2, 0.25) is 0 Å². The minimum absolute atomic E-state index is 0.00362. The Kier molecular flexibility index (Phi) is 5.97. The van der Waals surface area contributed by atoms with E-state index >= 15 is 0 Å². The molecule has 2 aliphatic heterocycles. The molecule has 0 saturated carbocycles. The van der Waals surface area contributed by atoms with Gasteiger partial charge in [0.05, 0.1) is 18.2 Å². The first-order valence-corrected chi connectivity index (χ1v) is 10.3. The molecule has 0 bridgehead atoms. The SMILES string of the molecule is CCOC(=O)N1CCN(c2ccc(C3CCC(c4c(F)cccc4F)=N3)cc2)CC1. The highest BCUT2D eigenvalue weighted by Gasteiger charge is 2.25. The molecule has 0 aromatic heterocycles. The van der Waals surface area contributed by atoms with Gasteiger partial charge in [0.1, 0.15) is 11.6 Å². The molecule has 2 aromatic rings. The molecule has 2 aromatic carbocycles. The predicted molar refractivity (Wildman–Crippen MR) is 112 cm³/mol. The number of halogens is 2. The van der Waals surface area contributed by atoms with Crippen LogP contribution in [0.5, 0.6) is 0 Å². The quantitative estimate of drug-likeness (QED) is 0.738. The fourth-order valence-corrected chi connectivity index (χ4v) is 4.06. The Morgan fingerprint density at radius 1 is 1.07 bits per heavy atom. The van der Waals surface area contributed by atoms with Crippen molar-refractivity contribution in [3.8, 4) is 0 Å². The van der Waals surface area contributed by atoms with Crippen LogP contribution < -0.4 is 4.90 Å². The largest absolute Gasteiger partial charge is 0.450 e. The predicted octanol–water partition coefficient (Wildman–Crippen LogP) is 4.57. The van der Waals surface area contributed by atoms with E-state index in [0.717, 1.165) is 30.8 Å². The van der Waals surface area contributed by atoms with Crippen LogP contribution in [0.15, 0.2) is 47.5 Å². The first-order chi connectivity index (χ1) is 14.6. The smallest absolute Gasteiger partial charge is 0.409 e. The van der Waals surface area contributed by atoms with Crippen LogP contribution in [0, 0.1) is 11.6 Å². The summed E-state index contributed by atoms with van der Waals surface area (Å²) >= 11 is 0. The summed E-state index contributed by atoms with van der Waals surface area (Å²) in [6.07, 6.45) is 1.04. The zero-order chi connectivity index (χ0) is 21.1. The molecule has 2 heterocycles. The third-order valence-corrected chi connectivity index (χ3v) is 5.67. The minimum atomic E-state index is -0.563. The molecule has 5 nitrogen and oxygen atoms in total. The molecule has 4 rings (SSSR count). The van der Waals surface area contributed by atoms with Crippen molar-refractivity contribution in [2.45, 2.75) is 25.8 Å². The van der Waals surface area contributed by atoms with Gasteiger partial charge in [-0.15, -0.1) is 0 Å². The maximum absolute atomic E-state index is 14.1. The van der Waals surface area contributed by atoms with E-state index in [1.807, 2.05) is 24.3 Å². The number of aliphatic imine (C=N–C) groups is 1. The van der Waals surface area contributed by atoms with Crippen molar-refractivity contribution in [3.63, 3.8) is 0 Å². The molecular weight excluding hydrogens is 388 g/mol. The molecule has 30 heavy (non-hydrogen) atoms. The van der Waals surface area contributed by atoms with Gasteiger partial charge in [-0.1, -0.05) is 18.2 Å². The van der Waals surface area contributed by atoms with Crippen LogP contribution in [0.3, 0.4) is 0 Å². The molecule has 1 atom stereocenters. The number of rotatable bonds is 4. The summed E-state index contributed by atoms with van der Waals surface area (Å²) in [7, 11) is 0. The van der Waals surface area contributed by atoms with Crippen molar-refractivity contribution in [2.75, 3.05) is 37.7 Å². The van der Waals surface area contributed by atoms with E-state index in [1.165, 1.54) is 18.2 Å². The highest BCUT2D eigenvalue weighted by atomic mass is 19.1. The Morgan fingerprint density at radius 3 is 2.37 bits per heavy atom. The Bertz CT molecular complexity index is 918. The van der Waals surface area contributed by atoms with Crippen molar-refractivity contribution in [2.24, 2.45) is 4.99 Å². The van der Waals surface area contributed by atoms with Gasteiger partial charge < -0.3 is 14.5 Å². The van der Waals surface area contributed by atoms with Gasteiger partial charge in [-0.2, -0.15) is 0 Å². The summed E-state index contributed by atoms with van der Waals surface area (Å²) in [6, 6.07) is 12.0. The van der Waals surface area contributed by atoms with Gasteiger partial charge in [0.15, 0.2) is 0 Å². The molecule has 1 saturated heterocycles. The molecule has 0 aliphatic carbocycles. The van der Waals surface area contributed by atoms with Gasteiger partial charge in [-0.3, -0.25) is 4.99 Å². The van der Waals surface area contributed by atoms with E-state index in [0.29, 0.717) is 31.8 Å². The summed E-state index contributed by atoms with van der Waals surface area (Å²) in [6.45, 7) is 4.94. The maximum Gasteiger partial charge on any atom is 0.409 e. The molecule has 158 valence electrons. The highest BCUT2D eigenvalue weighted by molar-refractivity contribution is 6.02. The molecule has 0 radical (unpaired) electrons. The van der Waals surface area contributed by atoms with Crippen molar-refractivity contribution < 1.29 is 18.3 Å². The van der Waals surface area contributed by atoms with Gasteiger partial charge in [-0.05, 0) is 49.6 Å². The van der Waals surface area contributed by atoms with Crippen molar-refractivity contribution in [1.29, 1.82) is 0 Å². The zero-order valence-electron chi connectivity index (χ0n) is 17.0. The second-order valence-electron chi connectivity index (χ2n) is 7.49. The molecule has 0 spiro atoms. The van der Waals surface area contributed by atoms with Crippen LogP contribution in [0.4, 0.5) is 19.3 Å². The number of carbonyl (C=O) groups is 1. The van der Waals surface area contributed by atoms with Crippen molar-refractivity contribution in [1.82, 2.24) is 4.90 Å². The molecule has 0 N–H and O–H groups in total. The van der Waals surface area contributed by atoms with Crippen LogP contribution >= 0.6 is 0 Å². The number of ether oxygens (including phenoxy) is 1. The normalized spacial score (nSPS) is 19.0. The van der Waals surface area contributed by atoms with Crippen LogP contribution in [-0.2, 0) is 4.74 Å². The fourth-order valence-electron chi connectivity index (χ4n) is 4.06. The number of anilines is 1. The molecule has 1 amide bonds. The average molecular weight is 413 g/mol. The lowest BCUT2D eigenvalue weighted by atomic mass is 10.0. The molecule has 1 unspecified atom stereocenters. The molecule has 2 aliphatic rings. The lowest BCUT2D eigenvalue weighted by molar-refractivity contribution is 0.105. The lowest BCUT2D eigenvalue weighted by Crippen LogP contribution is -2.49. The van der Waals surface area contributed by atoms with Crippen LogP contribution in [0.1, 0.15) is 36.9 Å². The van der Waals surface area contributed by atoms with Crippen LogP contribution in [0.2, 0.25) is 0 Å². The molecular formula is C23H25F2N3O2. The number of carbonyl (C=O) groups excluding carboxylic acids is 1. The number of benzene rings is 2. The van der Waals surface area contributed by atoms with Gasteiger partial charge in [0, 0.05) is 37.6 Å².